The average molecular weight is 272 g/mol. The second-order valence-corrected chi connectivity index (χ2v) is 5.08. The highest BCUT2D eigenvalue weighted by Gasteiger charge is 2.18. The molecule has 0 saturated carbocycles. The van der Waals surface area contributed by atoms with Crippen molar-refractivity contribution in [3.8, 4) is 0 Å². The van der Waals surface area contributed by atoms with Gasteiger partial charge in [-0.25, -0.2) is 4.68 Å². The minimum Gasteiger partial charge on any atom is -0.394 e. The van der Waals surface area contributed by atoms with Gasteiger partial charge in [0.2, 0.25) is 0 Å². The highest BCUT2D eigenvalue weighted by atomic mass is 15.4. The van der Waals surface area contributed by atoms with Crippen molar-refractivity contribution in [2.24, 2.45) is 0 Å². The van der Waals surface area contributed by atoms with Gasteiger partial charge in [-0.1, -0.05) is 24.3 Å². The van der Waals surface area contributed by atoms with Crippen LogP contribution in [-0.2, 0) is 13.1 Å². The van der Waals surface area contributed by atoms with E-state index in [1.54, 1.807) is 0 Å². The van der Waals surface area contributed by atoms with Crippen LogP contribution in [0.4, 0.5) is 11.5 Å². The highest BCUT2D eigenvalue weighted by Crippen LogP contribution is 2.28. The lowest BCUT2D eigenvalue weighted by Gasteiger charge is -2.25. The summed E-state index contributed by atoms with van der Waals surface area (Å²) in [6.45, 7) is 11.0. The third-order valence-electron chi connectivity index (χ3n) is 3.75. The predicted octanol–water partition coefficient (Wildman–Crippen LogP) is 3.13. The number of nitrogens with zero attached hydrogens (tertiary/aromatic N) is 3. The molecule has 1 aromatic heterocycles. The van der Waals surface area contributed by atoms with Gasteiger partial charge in [-0.05, 0) is 38.8 Å². The lowest BCUT2D eigenvalue weighted by Crippen LogP contribution is -2.26. The first-order valence-corrected chi connectivity index (χ1v) is 7.20. The van der Waals surface area contributed by atoms with Gasteiger partial charge < -0.3 is 10.6 Å². The molecule has 108 valence electrons. The third-order valence-corrected chi connectivity index (χ3v) is 3.75. The monoisotopic (exact) mass is 272 g/mol. The van der Waals surface area contributed by atoms with Gasteiger partial charge >= 0.3 is 0 Å². The SMILES string of the molecule is CCN(Cc1ccccc1C)c1c(N)c(C)nn1CC. The lowest BCUT2D eigenvalue weighted by molar-refractivity contribution is 0.631. The zero-order valence-corrected chi connectivity index (χ0v) is 12.8. The fourth-order valence-corrected chi connectivity index (χ4v) is 2.47. The van der Waals surface area contributed by atoms with Gasteiger partial charge in [0.15, 0.2) is 5.82 Å². The summed E-state index contributed by atoms with van der Waals surface area (Å²) in [6, 6.07) is 8.48. The number of hydrogen-bond acceptors (Lipinski definition) is 3. The zero-order valence-electron chi connectivity index (χ0n) is 12.8. The molecule has 0 saturated heterocycles. The van der Waals surface area contributed by atoms with Crippen LogP contribution in [0.3, 0.4) is 0 Å². The number of aryl methyl sites for hydroxylation is 3. The van der Waals surface area contributed by atoms with Crippen LogP contribution in [0.2, 0.25) is 0 Å². The number of aromatic nitrogens is 2. The van der Waals surface area contributed by atoms with E-state index in [1.807, 2.05) is 11.6 Å². The van der Waals surface area contributed by atoms with Crippen LogP contribution >= 0.6 is 0 Å². The molecule has 4 nitrogen and oxygen atoms in total. The first kappa shape index (κ1) is 14.4. The minimum absolute atomic E-state index is 0.794. The second kappa shape index (κ2) is 5.99. The Morgan fingerprint density at radius 3 is 2.50 bits per heavy atom. The Kier molecular flexibility index (Phi) is 4.32. The summed E-state index contributed by atoms with van der Waals surface area (Å²) in [7, 11) is 0. The van der Waals surface area contributed by atoms with Gasteiger partial charge in [0.1, 0.15) is 0 Å². The number of benzene rings is 1. The summed E-state index contributed by atoms with van der Waals surface area (Å²) in [5.74, 6) is 1.04. The Hall–Kier alpha value is -1.97. The minimum atomic E-state index is 0.794. The molecule has 2 N–H and O–H groups in total. The summed E-state index contributed by atoms with van der Waals surface area (Å²) in [5, 5.41) is 4.51. The van der Waals surface area contributed by atoms with E-state index in [9.17, 15) is 0 Å². The number of anilines is 2. The molecule has 20 heavy (non-hydrogen) atoms. The molecule has 2 rings (SSSR count). The summed E-state index contributed by atoms with van der Waals surface area (Å²) in [6.07, 6.45) is 0. The van der Waals surface area contributed by atoms with Crippen LogP contribution in [0.25, 0.3) is 0 Å². The quantitative estimate of drug-likeness (QED) is 0.909. The summed E-state index contributed by atoms with van der Waals surface area (Å²) in [4.78, 5) is 2.29. The fraction of sp³-hybridized carbons (Fsp3) is 0.438. The maximum atomic E-state index is 6.22. The number of nitrogen functional groups attached to an aromatic ring is 1. The summed E-state index contributed by atoms with van der Waals surface area (Å²) < 4.78 is 1.99. The van der Waals surface area contributed by atoms with Crippen LogP contribution in [0.15, 0.2) is 24.3 Å². The maximum Gasteiger partial charge on any atom is 0.150 e. The van der Waals surface area contributed by atoms with Crippen molar-refractivity contribution in [1.82, 2.24) is 9.78 Å². The molecule has 0 fully saturated rings. The molecular weight excluding hydrogens is 248 g/mol. The Bertz CT molecular complexity index is 586. The molecular formula is C16H24N4. The van der Waals surface area contributed by atoms with E-state index in [2.05, 4.69) is 55.0 Å². The van der Waals surface area contributed by atoms with Crippen LogP contribution in [0, 0.1) is 13.8 Å². The van der Waals surface area contributed by atoms with Gasteiger partial charge in [-0.3, -0.25) is 0 Å². The van der Waals surface area contributed by atoms with Gasteiger partial charge in [0.25, 0.3) is 0 Å². The molecule has 0 atom stereocenters. The molecule has 2 aromatic rings. The molecule has 0 amide bonds. The van der Waals surface area contributed by atoms with Gasteiger partial charge in [0, 0.05) is 19.6 Å². The van der Waals surface area contributed by atoms with E-state index in [4.69, 9.17) is 5.73 Å². The number of rotatable bonds is 5. The first-order chi connectivity index (χ1) is 9.58. The molecule has 0 bridgehead atoms. The van der Waals surface area contributed by atoms with E-state index in [-0.39, 0.29) is 0 Å². The Morgan fingerprint density at radius 1 is 1.20 bits per heavy atom. The van der Waals surface area contributed by atoms with Crippen LogP contribution < -0.4 is 10.6 Å². The van der Waals surface area contributed by atoms with Crippen molar-refractivity contribution in [2.45, 2.75) is 40.8 Å². The van der Waals surface area contributed by atoms with Crippen LogP contribution in [-0.4, -0.2) is 16.3 Å². The highest BCUT2D eigenvalue weighted by molar-refractivity contribution is 5.66. The Morgan fingerprint density at radius 2 is 1.90 bits per heavy atom. The Balaban J connectivity index is 2.36. The smallest absolute Gasteiger partial charge is 0.150 e. The standard InChI is InChI=1S/C16H24N4/c1-5-19(11-14-10-8-7-9-12(14)3)16-15(17)13(4)18-20(16)6-2/h7-10H,5-6,11,17H2,1-4H3. The van der Waals surface area contributed by atoms with Gasteiger partial charge in [-0.15, -0.1) is 0 Å². The molecule has 0 radical (unpaired) electrons. The summed E-state index contributed by atoms with van der Waals surface area (Å²) >= 11 is 0. The van der Waals surface area contributed by atoms with E-state index in [0.717, 1.165) is 36.8 Å². The summed E-state index contributed by atoms with van der Waals surface area (Å²) in [5.41, 5.74) is 10.6. The topological polar surface area (TPSA) is 47.1 Å². The average Bonchev–Trinajstić information content (AvgIpc) is 2.74. The predicted molar refractivity (Wildman–Crippen MR) is 85.0 cm³/mol. The Labute approximate surface area is 121 Å². The normalized spacial score (nSPS) is 10.8. The molecule has 0 aliphatic rings. The van der Waals surface area contributed by atoms with E-state index in [0.29, 0.717) is 0 Å². The van der Waals surface area contributed by atoms with Crippen LogP contribution in [0.5, 0.6) is 0 Å². The van der Waals surface area contributed by atoms with Crippen molar-refractivity contribution in [1.29, 1.82) is 0 Å². The largest absolute Gasteiger partial charge is 0.394 e. The first-order valence-electron chi connectivity index (χ1n) is 7.20. The molecule has 1 aromatic carbocycles. The van der Waals surface area contributed by atoms with Crippen molar-refractivity contribution >= 4 is 11.5 Å². The molecule has 0 aliphatic carbocycles. The van der Waals surface area contributed by atoms with E-state index >= 15 is 0 Å². The van der Waals surface area contributed by atoms with Crippen molar-refractivity contribution < 1.29 is 0 Å². The fourth-order valence-electron chi connectivity index (χ4n) is 2.47. The molecule has 4 heteroatoms. The second-order valence-electron chi connectivity index (χ2n) is 5.08. The van der Waals surface area contributed by atoms with Crippen molar-refractivity contribution in [3.63, 3.8) is 0 Å². The maximum absolute atomic E-state index is 6.22. The third kappa shape index (κ3) is 2.64. The van der Waals surface area contributed by atoms with Crippen molar-refractivity contribution in [3.05, 3.63) is 41.1 Å². The van der Waals surface area contributed by atoms with Crippen molar-refractivity contribution in [2.75, 3.05) is 17.2 Å². The zero-order chi connectivity index (χ0) is 14.7. The molecule has 1 heterocycles. The van der Waals surface area contributed by atoms with Crippen LogP contribution in [0.1, 0.15) is 30.7 Å². The number of hydrogen-bond donors (Lipinski definition) is 1. The number of nitrogens with two attached hydrogens (primary N) is 1. The van der Waals surface area contributed by atoms with Gasteiger partial charge in [-0.2, -0.15) is 5.10 Å². The van der Waals surface area contributed by atoms with Gasteiger partial charge in [0.05, 0.1) is 11.4 Å². The van der Waals surface area contributed by atoms with E-state index < -0.39 is 0 Å². The van der Waals surface area contributed by atoms with E-state index in [1.165, 1.54) is 11.1 Å². The molecule has 0 spiro atoms. The molecule has 0 aliphatic heterocycles. The molecule has 0 unspecified atom stereocenters. The lowest BCUT2D eigenvalue weighted by atomic mass is 10.1.